The van der Waals surface area contributed by atoms with Crippen molar-refractivity contribution in [2.75, 3.05) is 32.8 Å². The van der Waals surface area contributed by atoms with Crippen molar-refractivity contribution in [2.24, 2.45) is 0 Å². The van der Waals surface area contributed by atoms with Crippen molar-refractivity contribution in [3.05, 3.63) is 46.5 Å². The quantitative estimate of drug-likeness (QED) is 0.558. The lowest BCUT2D eigenvalue weighted by Crippen LogP contribution is -2.34. The summed E-state index contributed by atoms with van der Waals surface area (Å²) in [4.78, 5) is 38.7. The minimum absolute atomic E-state index is 0.0454. The van der Waals surface area contributed by atoms with Gasteiger partial charge in [-0.3, -0.25) is 19.3 Å². The van der Waals surface area contributed by atoms with Crippen molar-refractivity contribution in [3.8, 4) is 17.2 Å². The van der Waals surface area contributed by atoms with Gasteiger partial charge in [0.1, 0.15) is 0 Å². The van der Waals surface area contributed by atoms with Gasteiger partial charge < -0.3 is 14.2 Å². The Bertz CT molecular complexity index is 938. The van der Waals surface area contributed by atoms with E-state index in [2.05, 4.69) is 0 Å². The molecule has 0 fully saturated rings. The maximum Gasteiger partial charge on any atom is 0.300 e. The first-order valence-electron chi connectivity index (χ1n) is 7.90. The summed E-state index contributed by atoms with van der Waals surface area (Å²) in [6.45, 7) is -0.308. The molecule has 140 valence electrons. The molecule has 1 heterocycles. The molecule has 2 aromatic rings. The van der Waals surface area contributed by atoms with E-state index in [0.29, 0.717) is 10.6 Å². The molecule has 1 aliphatic rings. The van der Waals surface area contributed by atoms with E-state index in [1.54, 1.807) is 24.3 Å². The third-order valence-electron chi connectivity index (χ3n) is 4.23. The third-order valence-corrected chi connectivity index (χ3v) is 4.49. The molecule has 0 unspecified atom stereocenters. The highest BCUT2D eigenvalue weighted by Crippen LogP contribution is 2.48. The van der Waals surface area contributed by atoms with E-state index < -0.39 is 11.7 Å². The zero-order chi connectivity index (χ0) is 19.7. The molecule has 0 bridgehead atoms. The van der Waals surface area contributed by atoms with Gasteiger partial charge in [0.2, 0.25) is 5.75 Å². The number of methoxy groups -OCH3 is 3. The number of amides is 1. The average Bonchev–Trinajstić information content (AvgIpc) is 2.91. The normalized spacial score (nSPS) is 12.8. The van der Waals surface area contributed by atoms with E-state index in [1.165, 1.54) is 27.4 Å². The Morgan fingerprint density at radius 3 is 2.19 bits per heavy atom. The van der Waals surface area contributed by atoms with Crippen molar-refractivity contribution in [3.63, 3.8) is 0 Å². The number of fused-ring (bicyclic) bond motifs is 1. The smallest absolute Gasteiger partial charge is 0.300 e. The van der Waals surface area contributed by atoms with Crippen LogP contribution in [0.15, 0.2) is 30.3 Å². The van der Waals surface area contributed by atoms with Gasteiger partial charge in [-0.05, 0) is 24.3 Å². The predicted molar refractivity (Wildman–Crippen MR) is 98.6 cm³/mol. The first kappa shape index (κ1) is 18.7. The summed E-state index contributed by atoms with van der Waals surface area (Å²) in [5.74, 6) is -1.36. The fraction of sp³-hybridized carbons (Fsp3) is 0.211. The lowest BCUT2D eigenvalue weighted by Gasteiger charge is -2.19. The van der Waals surface area contributed by atoms with Gasteiger partial charge in [0.25, 0.3) is 11.7 Å². The van der Waals surface area contributed by atoms with Crippen LogP contribution in [-0.4, -0.2) is 45.3 Å². The Labute approximate surface area is 160 Å². The molecule has 0 radical (unpaired) electrons. The van der Waals surface area contributed by atoms with Crippen LogP contribution in [0.5, 0.6) is 17.2 Å². The summed E-state index contributed by atoms with van der Waals surface area (Å²) in [6.07, 6.45) is 0. The Balaban J connectivity index is 2.05. The molecular weight excluding hydrogens is 374 g/mol. The first-order valence-corrected chi connectivity index (χ1v) is 8.28. The highest BCUT2D eigenvalue weighted by Gasteiger charge is 2.42. The molecule has 0 aromatic heterocycles. The largest absolute Gasteiger partial charge is 0.493 e. The number of hydrogen-bond acceptors (Lipinski definition) is 6. The Hall–Kier alpha value is -3.06. The summed E-state index contributed by atoms with van der Waals surface area (Å²) in [6, 6.07) is 7.76. The van der Waals surface area contributed by atoms with Gasteiger partial charge in [-0.2, -0.15) is 0 Å². The molecule has 2 aromatic carbocycles. The Morgan fingerprint density at radius 1 is 1.00 bits per heavy atom. The van der Waals surface area contributed by atoms with E-state index in [1.807, 2.05) is 0 Å². The molecule has 0 saturated carbocycles. The highest BCUT2D eigenvalue weighted by molar-refractivity contribution is 6.53. The van der Waals surface area contributed by atoms with Crippen LogP contribution in [-0.2, 0) is 4.79 Å². The van der Waals surface area contributed by atoms with Crippen molar-refractivity contribution in [2.45, 2.75) is 0 Å². The molecule has 8 heteroatoms. The van der Waals surface area contributed by atoms with Crippen molar-refractivity contribution >= 4 is 34.8 Å². The van der Waals surface area contributed by atoms with E-state index in [0.717, 1.165) is 4.90 Å². The van der Waals surface area contributed by atoms with Crippen molar-refractivity contribution in [1.82, 2.24) is 0 Å². The van der Waals surface area contributed by atoms with E-state index >= 15 is 0 Å². The molecule has 7 nitrogen and oxygen atoms in total. The molecule has 0 saturated heterocycles. The number of ketones is 2. The lowest BCUT2D eigenvalue weighted by atomic mass is 10.1. The van der Waals surface area contributed by atoms with Crippen LogP contribution < -0.4 is 19.1 Å². The minimum atomic E-state index is -0.819. The Kier molecular flexibility index (Phi) is 5.05. The van der Waals surface area contributed by atoms with Crippen molar-refractivity contribution in [1.29, 1.82) is 0 Å². The topological polar surface area (TPSA) is 82.1 Å². The number of benzene rings is 2. The van der Waals surface area contributed by atoms with Gasteiger partial charge in [0.15, 0.2) is 17.3 Å². The molecule has 1 amide bonds. The zero-order valence-corrected chi connectivity index (χ0v) is 15.6. The number of hydrogen-bond donors (Lipinski definition) is 0. The SMILES string of the molecule is COc1cc2c(c(OC)c1OC)C(=O)C(=O)N2CC(=O)c1ccc(Cl)cc1. The number of halogens is 1. The van der Waals surface area contributed by atoms with Crippen molar-refractivity contribution < 1.29 is 28.6 Å². The summed E-state index contributed by atoms with van der Waals surface area (Å²) in [5, 5.41) is 0.492. The van der Waals surface area contributed by atoms with Crippen LogP contribution in [0.1, 0.15) is 20.7 Å². The molecule has 0 N–H and O–H groups in total. The van der Waals surface area contributed by atoms with Gasteiger partial charge in [-0.15, -0.1) is 0 Å². The monoisotopic (exact) mass is 389 g/mol. The molecule has 0 atom stereocenters. The maximum absolute atomic E-state index is 12.6. The van der Waals surface area contributed by atoms with Crippen LogP contribution in [0.25, 0.3) is 0 Å². The second kappa shape index (κ2) is 7.28. The molecular formula is C19H16ClNO6. The summed E-state index contributed by atoms with van der Waals surface area (Å²) in [7, 11) is 4.18. The second-order valence-electron chi connectivity index (χ2n) is 5.69. The number of carbonyl (C=O) groups excluding carboxylic acids is 3. The number of rotatable bonds is 6. The van der Waals surface area contributed by atoms with Crippen LogP contribution in [0.4, 0.5) is 5.69 Å². The summed E-state index contributed by atoms with van der Waals surface area (Å²) in [5.41, 5.74) is 0.659. The van der Waals surface area contributed by atoms with Crippen LogP contribution >= 0.6 is 11.6 Å². The summed E-state index contributed by atoms with van der Waals surface area (Å²) >= 11 is 5.83. The van der Waals surface area contributed by atoms with Gasteiger partial charge >= 0.3 is 0 Å². The van der Waals surface area contributed by atoms with Gasteiger partial charge in [-0.25, -0.2) is 0 Å². The molecule has 0 spiro atoms. The number of carbonyl (C=O) groups is 3. The number of anilines is 1. The molecule has 1 aliphatic heterocycles. The highest BCUT2D eigenvalue weighted by atomic mass is 35.5. The van der Waals surface area contributed by atoms with Crippen LogP contribution in [0.2, 0.25) is 5.02 Å². The van der Waals surface area contributed by atoms with Gasteiger partial charge in [0, 0.05) is 16.7 Å². The zero-order valence-electron chi connectivity index (χ0n) is 14.9. The Morgan fingerprint density at radius 2 is 1.63 bits per heavy atom. The summed E-state index contributed by atoms with van der Waals surface area (Å²) < 4.78 is 15.8. The molecule has 3 rings (SSSR count). The van der Waals surface area contributed by atoms with Crippen LogP contribution in [0, 0.1) is 0 Å². The lowest BCUT2D eigenvalue weighted by molar-refractivity contribution is -0.114. The van der Waals surface area contributed by atoms with Gasteiger partial charge in [0.05, 0.1) is 39.1 Å². The fourth-order valence-corrected chi connectivity index (χ4v) is 3.07. The third kappa shape index (κ3) is 3.10. The minimum Gasteiger partial charge on any atom is -0.493 e. The maximum atomic E-state index is 12.6. The number of Topliss-reactive ketones (excluding diaryl/α,β-unsaturated/α-hetero) is 2. The van der Waals surface area contributed by atoms with E-state index in [9.17, 15) is 14.4 Å². The second-order valence-corrected chi connectivity index (χ2v) is 6.13. The van der Waals surface area contributed by atoms with E-state index in [4.69, 9.17) is 25.8 Å². The fourth-order valence-electron chi connectivity index (χ4n) is 2.94. The molecule has 27 heavy (non-hydrogen) atoms. The number of ether oxygens (including phenoxy) is 3. The average molecular weight is 390 g/mol. The predicted octanol–water partition coefficient (Wildman–Crippen LogP) is 2.78. The standard InChI is InChI=1S/C19H16ClNO6/c1-25-14-8-12-15(18(27-3)17(14)26-2)16(23)19(24)21(12)9-13(22)10-4-6-11(20)7-5-10/h4-8H,9H2,1-3H3. The number of nitrogens with zero attached hydrogens (tertiary/aromatic N) is 1. The molecule has 0 aliphatic carbocycles. The van der Waals surface area contributed by atoms with E-state index in [-0.39, 0.29) is 40.8 Å². The van der Waals surface area contributed by atoms with Gasteiger partial charge in [-0.1, -0.05) is 11.6 Å². The van der Waals surface area contributed by atoms with Crippen LogP contribution in [0.3, 0.4) is 0 Å². The first-order chi connectivity index (χ1) is 12.9.